The molecule has 2 unspecified atom stereocenters. The van der Waals surface area contributed by atoms with E-state index in [0.717, 1.165) is 0 Å². The molecule has 1 heterocycles. The van der Waals surface area contributed by atoms with E-state index in [1.165, 1.54) is 23.1 Å². The highest BCUT2D eigenvalue weighted by atomic mass is 19.2. The van der Waals surface area contributed by atoms with Gasteiger partial charge in [0.25, 0.3) is 5.71 Å². The van der Waals surface area contributed by atoms with Gasteiger partial charge in [-0.2, -0.15) is 0 Å². The molecule has 2 aliphatic rings. The first-order valence-corrected chi connectivity index (χ1v) is 11.0. The van der Waals surface area contributed by atoms with Crippen LogP contribution in [0.4, 0.5) is 14.5 Å². The van der Waals surface area contributed by atoms with Gasteiger partial charge >= 0.3 is 5.91 Å². The minimum Gasteiger partial charge on any atom is -0.375 e. The second-order valence-electron chi connectivity index (χ2n) is 8.53. The first-order chi connectivity index (χ1) is 16.2. The summed E-state index contributed by atoms with van der Waals surface area (Å²) in [6, 6.07) is 10.7. The summed E-state index contributed by atoms with van der Waals surface area (Å²) in [6.07, 6.45) is 1.06. The van der Waals surface area contributed by atoms with Crippen LogP contribution in [0.1, 0.15) is 30.4 Å². The van der Waals surface area contributed by atoms with Crippen molar-refractivity contribution in [2.45, 2.75) is 37.0 Å². The van der Waals surface area contributed by atoms with Gasteiger partial charge < -0.3 is 21.3 Å². The summed E-state index contributed by atoms with van der Waals surface area (Å²) in [5.41, 5.74) is 3.93. The molecule has 4 rings (SSSR count). The van der Waals surface area contributed by atoms with Gasteiger partial charge in [0, 0.05) is 24.2 Å². The number of amides is 3. The van der Waals surface area contributed by atoms with E-state index in [0.29, 0.717) is 30.6 Å². The van der Waals surface area contributed by atoms with Crippen LogP contribution in [0.2, 0.25) is 0 Å². The van der Waals surface area contributed by atoms with Crippen molar-refractivity contribution in [2.24, 2.45) is 5.73 Å². The first kappa shape index (κ1) is 23.3. The Hall–Kier alpha value is -3.82. The molecular weight excluding hydrogens is 444 g/mol. The van der Waals surface area contributed by atoms with Crippen molar-refractivity contribution < 1.29 is 28.6 Å². The van der Waals surface area contributed by atoms with Crippen molar-refractivity contribution in [3.05, 3.63) is 65.5 Å². The summed E-state index contributed by atoms with van der Waals surface area (Å²) >= 11 is 0. The molecule has 2 aromatic rings. The third-order valence-corrected chi connectivity index (χ3v) is 6.32. The number of likely N-dealkylation sites (tertiary alicyclic amines) is 1. The molecule has 3 atom stereocenters. The maximum absolute atomic E-state index is 15.1. The van der Waals surface area contributed by atoms with Crippen LogP contribution in [0.3, 0.4) is 0 Å². The lowest BCUT2D eigenvalue weighted by Gasteiger charge is -2.25. The molecule has 178 valence electrons. The van der Waals surface area contributed by atoms with Crippen LogP contribution in [0.25, 0.3) is 0 Å². The van der Waals surface area contributed by atoms with Gasteiger partial charge in [-0.05, 0) is 31.0 Å². The topological polar surface area (TPSA) is 130 Å². The predicted molar refractivity (Wildman–Crippen MR) is 121 cm³/mol. The van der Waals surface area contributed by atoms with Crippen molar-refractivity contribution in [1.82, 2.24) is 10.2 Å². The van der Waals surface area contributed by atoms with E-state index in [4.69, 9.17) is 11.1 Å². The van der Waals surface area contributed by atoms with Crippen LogP contribution >= 0.6 is 0 Å². The number of alkyl halides is 1. The quantitative estimate of drug-likeness (QED) is 0.405. The van der Waals surface area contributed by atoms with Gasteiger partial charge in [0.2, 0.25) is 11.8 Å². The van der Waals surface area contributed by atoms with Gasteiger partial charge in [-0.1, -0.05) is 30.3 Å². The van der Waals surface area contributed by atoms with Crippen molar-refractivity contribution in [3.63, 3.8) is 0 Å². The smallest absolute Gasteiger partial charge is 0.313 e. The fourth-order valence-corrected chi connectivity index (χ4v) is 4.38. The van der Waals surface area contributed by atoms with Gasteiger partial charge in [-0.3, -0.25) is 14.4 Å². The molecule has 0 aromatic heterocycles. The molecule has 0 bridgehead atoms. The molecular formula is C24H26F2N5O3+. The Morgan fingerprint density at radius 1 is 1.15 bits per heavy atom. The van der Waals surface area contributed by atoms with Crippen LogP contribution in [-0.4, -0.2) is 53.5 Å². The zero-order valence-corrected chi connectivity index (χ0v) is 18.4. The third-order valence-electron chi connectivity index (χ3n) is 6.32. The number of benzene rings is 2. The van der Waals surface area contributed by atoms with Crippen LogP contribution in [0.15, 0.2) is 48.5 Å². The van der Waals surface area contributed by atoms with E-state index in [1.54, 1.807) is 30.3 Å². The average Bonchev–Trinajstić information content (AvgIpc) is 3.22. The highest BCUT2D eigenvalue weighted by Gasteiger charge is 2.59. The molecule has 1 aliphatic carbocycles. The third kappa shape index (κ3) is 4.48. The van der Waals surface area contributed by atoms with Gasteiger partial charge in [0.1, 0.15) is 11.9 Å². The minimum atomic E-state index is -1.95. The molecule has 2 fully saturated rings. The van der Waals surface area contributed by atoms with Crippen molar-refractivity contribution >= 4 is 29.1 Å². The Labute approximate surface area is 195 Å². The Bertz CT molecular complexity index is 1160. The summed E-state index contributed by atoms with van der Waals surface area (Å²) in [7, 11) is 0. The van der Waals surface area contributed by atoms with E-state index in [9.17, 15) is 18.8 Å². The summed E-state index contributed by atoms with van der Waals surface area (Å²) in [5.74, 6) is -2.23. The van der Waals surface area contributed by atoms with Crippen LogP contribution in [0, 0.1) is 5.82 Å². The highest BCUT2D eigenvalue weighted by Crippen LogP contribution is 2.50. The second kappa shape index (κ2) is 9.20. The number of carbonyl (C=O) groups is 3. The molecule has 10 heteroatoms. The molecule has 0 spiro atoms. The number of nitrogens with two attached hydrogens (primary N) is 2. The second-order valence-corrected chi connectivity index (χ2v) is 8.53. The summed E-state index contributed by atoms with van der Waals surface area (Å²) in [4.78, 5) is 38.6. The minimum absolute atomic E-state index is 0.0174. The maximum atomic E-state index is 15.1. The number of nitrogens with zero attached hydrogens (tertiary/aromatic N) is 1. The van der Waals surface area contributed by atoms with E-state index < -0.39 is 35.4 Å². The number of halogens is 2. The molecule has 1 aliphatic heterocycles. The summed E-state index contributed by atoms with van der Waals surface area (Å²) in [6.45, 7) is 0.243. The van der Waals surface area contributed by atoms with Crippen LogP contribution < -0.4 is 21.8 Å². The van der Waals surface area contributed by atoms with Gasteiger partial charge in [0.05, 0.1) is 18.2 Å². The zero-order chi connectivity index (χ0) is 24.5. The van der Waals surface area contributed by atoms with Crippen LogP contribution in [0.5, 0.6) is 0 Å². The van der Waals surface area contributed by atoms with E-state index >= 15 is 4.39 Å². The van der Waals surface area contributed by atoms with Gasteiger partial charge in [0.15, 0.2) is 5.67 Å². The number of hydrogen-bond donors (Lipinski definition) is 4. The fourth-order valence-electron chi connectivity index (χ4n) is 4.38. The van der Waals surface area contributed by atoms with E-state index in [1.807, 2.05) is 0 Å². The molecule has 6 N–H and O–H groups in total. The van der Waals surface area contributed by atoms with Gasteiger partial charge in [-0.15, -0.1) is 0 Å². The molecule has 1 saturated carbocycles. The number of carbonyl (C=O) groups excluding carboxylic acids is 3. The number of anilines is 1. The Morgan fingerprint density at radius 3 is 2.59 bits per heavy atom. The lowest BCUT2D eigenvalue weighted by Crippen LogP contribution is -2.49. The molecule has 1 saturated heterocycles. The molecule has 8 nitrogen and oxygen atoms in total. The largest absolute Gasteiger partial charge is 0.375 e. The number of nitrogens with one attached hydrogen (secondary N) is 2. The lowest BCUT2D eigenvalue weighted by molar-refractivity contribution is -0.137. The SMILES string of the molecule is NC(=O)C(=[NH2+])c1ccccc1NCC(=O)N1CCC[C@H]1C(=O)NC1CC1(F)c1ccccc1F. The number of hydrogen-bond acceptors (Lipinski definition) is 4. The van der Waals surface area contributed by atoms with E-state index in [2.05, 4.69) is 10.6 Å². The monoisotopic (exact) mass is 470 g/mol. The summed E-state index contributed by atoms with van der Waals surface area (Å²) in [5, 5.41) is 11.3. The summed E-state index contributed by atoms with van der Waals surface area (Å²) < 4.78 is 29.1. The molecule has 0 radical (unpaired) electrons. The van der Waals surface area contributed by atoms with Gasteiger partial charge in [-0.25, -0.2) is 14.2 Å². The number of rotatable bonds is 8. The Balaban J connectivity index is 1.37. The van der Waals surface area contributed by atoms with Crippen molar-refractivity contribution in [2.75, 3.05) is 18.4 Å². The van der Waals surface area contributed by atoms with Crippen molar-refractivity contribution in [3.8, 4) is 0 Å². The molecule has 34 heavy (non-hydrogen) atoms. The standard InChI is InChI=1S/C24H25F2N5O3/c25-16-8-3-2-7-15(16)24(26)12-19(24)30-23(34)18-10-5-11-31(18)20(32)13-29-17-9-4-1-6-14(17)21(27)22(28)33/h1-4,6-9,18-19,27,29H,5,10-13H2,(H2,28,33)(H,30,34)/p+1/t18-,19?,24?/m0/s1. The number of primary amides is 1. The van der Waals surface area contributed by atoms with E-state index in [-0.39, 0.29) is 30.1 Å². The average molecular weight is 471 g/mol. The Morgan fingerprint density at radius 2 is 1.85 bits per heavy atom. The Kier molecular flexibility index (Phi) is 6.32. The van der Waals surface area contributed by atoms with Crippen LogP contribution in [-0.2, 0) is 20.1 Å². The highest BCUT2D eigenvalue weighted by molar-refractivity contribution is 6.43. The fraction of sp³-hybridized carbons (Fsp3) is 0.333. The normalized spacial score (nSPS) is 23.3. The first-order valence-electron chi connectivity index (χ1n) is 11.0. The molecule has 3 amide bonds. The predicted octanol–water partition coefficient (Wildman–Crippen LogP) is 0.0156. The van der Waals surface area contributed by atoms with Crippen molar-refractivity contribution in [1.29, 1.82) is 0 Å². The molecule has 2 aromatic carbocycles. The number of para-hydroxylation sites is 1. The maximum Gasteiger partial charge on any atom is 0.313 e. The lowest BCUT2D eigenvalue weighted by atomic mass is 10.1. The zero-order valence-electron chi connectivity index (χ0n) is 18.4.